The number of halogens is 5. The number of hydrogen-bond donors (Lipinski definition) is 1. The van der Waals surface area contributed by atoms with Gasteiger partial charge in [-0.2, -0.15) is 17.2 Å². The molecule has 0 saturated heterocycles. The summed E-state index contributed by atoms with van der Waals surface area (Å²) in [6, 6.07) is 6.24. The fourth-order valence-corrected chi connectivity index (χ4v) is 2.72. The lowest BCUT2D eigenvalue weighted by molar-refractivity contribution is -0.137. The van der Waals surface area contributed by atoms with Crippen LogP contribution in [0.25, 0.3) is 0 Å². The smallest absolute Gasteiger partial charge is 0.349 e. The first-order valence-corrected chi connectivity index (χ1v) is 8.96. The highest BCUT2D eigenvalue weighted by Gasteiger charge is 2.34. The molecule has 0 amide bonds. The standard InChI is InChI=1S/C14H7F4IO6S/c15-9-11(17)14(26(21,22)23)12(18)10(16)13(9)25-8(20)5-24-7-3-1-6(19)2-4-7/h1-4H,5H2,(H,21,22,23). The molecule has 0 spiro atoms. The Hall–Kier alpha value is -1.93. The molecule has 12 heteroatoms. The molecule has 2 aromatic rings. The van der Waals surface area contributed by atoms with Crippen molar-refractivity contribution in [1.82, 2.24) is 0 Å². The van der Waals surface area contributed by atoms with Gasteiger partial charge in [-0.15, -0.1) is 0 Å². The van der Waals surface area contributed by atoms with E-state index in [1.54, 1.807) is 12.1 Å². The van der Waals surface area contributed by atoms with Gasteiger partial charge in [0.1, 0.15) is 5.75 Å². The zero-order chi connectivity index (χ0) is 19.6. The number of esters is 1. The summed E-state index contributed by atoms with van der Waals surface area (Å²) >= 11 is 2.01. The van der Waals surface area contributed by atoms with Crippen molar-refractivity contribution < 1.29 is 44.8 Å². The van der Waals surface area contributed by atoms with Crippen molar-refractivity contribution in [3.63, 3.8) is 0 Å². The first-order chi connectivity index (χ1) is 12.0. The summed E-state index contributed by atoms with van der Waals surface area (Å²) in [7, 11) is -5.60. The predicted octanol–water partition coefficient (Wildman–Crippen LogP) is 3.08. The summed E-state index contributed by atoms with van der Waals surface area (Å²) in [5, 5.41) is 0. The zero-order valence-corrected chi connectivity index (χ0v) is 15.3. The van der Waals surface area contributed by atoms with Crippen LogP contribution in [0.2, 0.25) is 0 Å². The van der Waals surface area contributed by atoms with Crippen LogP contribution in [0.3, 0.4) is 0 Å². The SMILES string of the molecule is O=C(COc1ccc(I)cc1)Oc1c(F)c(F)c(S(=O)(=O)O)c(F)c1F. The van der Waals surface area contributed by atoms with Crippen LogP contribution in [0.4, 0.5) is 17.6 Å². The van der Waals surface area contributed by atoms with E-state index in [9.17, 15) is 30.8 Å². The van der Waals surface area contributed by atoms with E-state index in [4.69, 9.17) is 9.29 Å². The van der Waals surface area contributed by atoms with Crippen molar-refractivity contribution >= 4 is 38.7 Å². The molecule has 2 rings (SSSR count). The van der Waals surface area contributed by atoms with Gasteiger partial charge in [-0.1, -0.05) is 0 Å². The second-order valence-corrected chi connectivity index (χ2v) is 7.21. The van der Waals surface area contributed by atoms with E-state index in [1.807, 2.05) is 22.6 Å². The van der Waals surface area contributed by atoms with Gasteiger partial charge in [0.25, 0.3) is 0 Å². The van der Waals surface area contributed by atoms with Crippen molar-refractivity contribution in [3.05, 3.63) is 51.1 Å². The van der Waals surface area contributed by atoms with Gasteiger partial charge in [-0.05, 0) is 46.9 Å². The quantitative estimate of drug-likeness (QED) is 0.168. The van der Waals surface area contributed by atoms with Crippen LogP contribution in [-0.4, -0.2) is 25.5 Å². The molecule has 26 heavy (non-hydrogen) atoms. The summed E-state index contributed by atoms with van der Waals surface area (Å²) in [5.74, 6) is -12.5. The summed E-state index contributed by atoms with van der Waals surface area (Å²) in [4.78, 5) is 9.33. The lowest BCUT2D eigenvalue weighted by Gasteiger charge is -2.11. The van der Waals surface area contributed by atoms with Crippen LogP contribution in [-0.2, 0) is 14.9 Å². The van der Waals surface area contributed by atoms with E-state index in [1.165, 1.54) is 12.1 Å². The molecule has 0 bridgehead atoms. The van der Waals surface area contributed by atoms with Gasteiger partial charge in [-0.25, -0.2) is 13.6 Å². The summed E-state index contributed by atoms with van der Waals surface area (Å²) in [5.41, 5.74) is 0. The molecule has 140 valence electrons. The highest BCUT2D eigenvalue weighted by molar-refractivity contribution is 14.1. The number of ether oxygens (including phenoxy) is 2. The molecule has 0 saturated carbocycles. The Balaban J connectivity index is 2.24. The van der Waals surface area contributed by atoms with E-state index >= 15 is 0 Å². The van der Waals surface area contributed by atoms with Crippen molar-refractivity contribution in [1.29, 1.82) is 0 Å². The fourth-order valence-electron chi connectivity index (χ4n) is 1.72. The lowest BCUT2D eigenvalue weighted by atomic mass is 10.3. The van der Waals surface area contributed by atoms with E-state index in [0.29, 0.717) is 0 Å². The largest absolute Gasteiger partial charge is 0.482 e. The third kappa shape index (κ3) is 4.42. The van der Waals surface area contributed by atoms with Crippen molar-refractivity contribution in [3.8, 4) is 11.5 Å². The maximum atomic E-state index is 13.7. The molecule has 6 nitrogen and oxygen atoms in total. The van der Waals surface area contributed by atoms with Crippen LogP contribution >= 0.6 is 22.6 Å². The average Bonchev–Trinajstić information content (AvgIpc) is 2.55. The number of carbonyl (C=O) groups is 1. The van der Waals surface area contributed by atoms with E-state index in [0.717, 1.165) is 3.57 Å². The molecule has 0 heterocycles. The molecular weight excluding hydrogens is 499 g/mol. The molecule has 0 aromatic heterocycles. The van der Waals surface area contributed by atoms with E-state index in [-0.39, 0.29) is 5.75 Å². The molecule has 2 aromatic carbocycles. The third-order valence-electron chi connectivity index (χ3n) is 2.83. The van der Waals surface area contributed by atoms with Gasteiger partial charge >= 0.3 is 16.1 Å². The Morgan fingerprint density at radius 1 is 1.00 bits per heavy atom. The summed E-state index contributed by atoms with van der Waals surface area (Å²) in [6.45, 7) is -0.858. The molecule has 0 unspecified atom stereocenters. The minimum Gasteiger partial charge on any atom is -0.482 e. The van der Waals surface area contributed by atoms with Crippen LogP contribution in [0.15, 0.2) is 29.2 Å². The molecule has 0 radical (unpaired) electrons. The van der Waals surface area contributed by atoms with Gasteiger partial charge < -0.3 is 9.47 Å². The molecule has 0 fully saturated rings. The molecule has 0 aliphatic rings. The van der Waals surface area contributed by atoms with Crippen molar-refractivity contribution in [2.24, 2.45) is 0 Å². The minimum absolute atomic E-state index is 0.211. The number of benzene rings is 2. The Labute approximate surface area is 157 Å². The first kappa shape index (κ1) is 20.4. The maximum Gasteiger partial charge on any atom is 0.349 e. The summed E-state index contributed by atoms with van der Waals surface area (Å²) < 4.78 is 94.9. The van der Waals surface area contributed by atoms with Crippen LogP contribution in [0.1, 0.15) is 0 Å². The molecule has 0 aliphatic carbocycles. The Morgan fingerprint density at radius 3 is 1.96 bits per heavy atom. The van der Waals surface area contributed by atoms with Crippen LogP contribution in [0, 0.1) is 26.8 Å². The Kier molecular flexibility index (Phi) is 6.08. The highest BCUT2D eigenvalue weighted by atomic mass is 127. The monoisotopic (exact) mass is 506 g/mol. The molecule has 0 atom stereocenters. The van der Waals surface area contributed by atoms with Crippen molar-refractivity contribution in [2.45, 2.75) is 4.90 Å². The average molecular weight is 506 g/mol. The Morgan fingerprint density at radius 2 is 1.50 bits per heavy atom. The normalized spacial score (nSPS) is 11.3. The number of hydrogen-bond acceptors (Lipinski definition) is 5. The highest BCUT2D eigenvalue weighted by Crippen LogP contribution is 2.32. The first-order valence-electron chi connectivity index (χ1n) is 6.45. The number of carbonyl (C=O) groups excluding carboxylic acids is 1. The Bertz CT molecular complexity index is 933. The second kappa shape index (κ2) is 7.75. The van der Waals surface area contributed by atoms with Gasteiger partial charge in [0.15, 0.2) is 23.1 Å². The zero-order valence-electron chi connectivity index (χ0n) is 12.3. The van der Waals surface area contributed by atoms with Crippen molar-refractivity contribution in [2.75, 3.05) is 6.61 Å². The number of rotatable bonds is 5. The topological polar surface area (TPSA) is 89.9 Å². The van der Waals surface area contributed by atoms with Gasteiger partial charge in [0.2, 0.25) is 17.4 Å². The van der Waals surface area contributed by atoms with Gasteiger partial charge in [0.05, 0.1) is 0 Å². The van der Waals surface area contributed by atoms with Crippen LogP contribution < -0.4 is 9.47 Å². The minimum atomic E-state index is -5.60. The van der Waals surface area contributed by atoms with E-state index in [2.05, 4.69) is 4.74 Å². The lowest BCUT2D eigenvalue weighted by Crippen LogP contribution is -2.20. The predicted molar refractivity (Wildman–Crippen MR) is 86.4 cm³/mol. The maximum absolute atomic E-state index is 13.7. The van der Waals surface area contributed by atoms with Gasteiger partial charge in [0, 0.05) is 3.57 Å². The van der Waals surface area contributed by atoms with Crippen LogP contribution in [0.5, 0.6) is 11.5 Å². The van der Waals surface area contributed by atoms with Gasteiger partial charge in [-0.3, -0.25) is 4.55 Å². The fraction of sp³-hybridized carbons (Fsp3) is 0.0714. The van der Waals surface area contributed by atoms with E-state index < -0.39 is 56.6 Å². The second-order valence-electron chi connectivity index (χ2n) is 4.61. The molecule has 0 aliphatic heterocycles. The molecule has 1 N–H and O–H groups in total. The summed E-state index contributed by atoms with van der Waals surface area (Å²) in [6.07, 6.45) is 0. The third-order valence-corrected chi connectivity index (χ3v) is 4.42. The molecular formula is C14H7F4IO6S.